The molecule has 3 rings (SSSR count). The van der Waals surface area contributed by atoms with E-state index in [0.29, 0.717) is 19.5 Å². The second-order valence-electron chi connectivity index (χ2n) is 4.53. The van der Waals surface area contributed by atoms with Gasteiger partial charge in [0.2, 0.25) is 5.91 Å². The minimum atomic E-state index is -0.393. The third-order valence-electron chi connectivity index (χ3n) is 3.27. The van der Waals surface area contributed by atoms with Gasteiger partial charge < -0.3 is 21.1 Å². The predicted octanol–water partition coefficient (Wildman–Crippen LogP) is -0.528. The molecule has 1 aromatic heterocycles. The molecule has 1 spiro atoms. The summed E-state index contributed by atoms with van der Waals surface area (Å²) in [4.78, 5) is 15.3. The Bertz CT molecular complexity index is 465. The van der Waals surface area contributed by atoms with Crippen molar-refractivity contribution in [3.05, 3.63) is 18.3 Å². The lowest BCUT2D eigenvalue weighted by molar-refractivity contribution is -0.119. The highest BCUT2D eigenvalue weighted by Gasteiger charge is 2.45. The molecule has 2 aliphatic heterocycles. The van der Waals surface area contributed by atoms with Crippen LogP contribution in [0.2, 0.25) is 0 Å². The smallest absolute Gasteiger partial charge is 0.234 e. The Hall–Kier alpha value is -1.82. The van der Waals surface area contributed by atoms with Gasteiger partial charge in [-0.2, -0.15) is 0 Å². The summed E-state index contributed by atoms with van der Waals surface area (Å²) in [7, 11) is 0. The minimum Gasteiger partial charge on any atom is -0.480 e. The van der Waals surface area contributed by atoms with Gasteiger partial charge in [0.1, 0.15) is 5.60 Å². The van der Waals surface area contributed by atoms with Crippen molar-refractivity contribution in [2.45, 2.75) is 18.1 Å². The monoisotopic (exact) mass is 234 g/mol. The number of primary amides is 1. The molecule has 90 valence electrons. The molecule has 6 heteroatoms. The van der Waals surface area contributed by atoms with Crippen molar-refractivity contribution in [2.24, 2.45) is 5.73 Å². The molecule has 0 bridgehead atoms. The molecule has 2 unspecified atom stereocenters. The van der Waals surface area contributed by atoms with E-state index in [0.717, 1.165) is 11.6 Å². The molecule has 1 amide bonds. The van der Waals surface area contributed by atoms with Crippen LogP contribution in [0.5, 0.6) is 5.75 Å². The van der Waals surface area contributed by atoms with E-state index < -0.39 is 5.60 Å². The number of hydrogen-bond donors (Lipinski definition) is 3. The summed E-state index contributed by atoms with van der Waals surface area (Å²) in [5, 5.41) is 6.31. The van der Waals surface area contributed by atoms with E-state index in [1.165, 1.54) is 0 Å². The van der Waals surface area contributed by atoms with Crippen molar-refractivity contribution in [2.75, 3.05) is 18.4 Å². The van der Waals surface area contributed by atoms with Crippen LogP contribution >= 0.6 is 0 Å². The van der Waals surface area contributed by atoms with E-state index in [2.05, 4.69) is 15.6 Å². The molecule has 17 heavy (non-hydrogen) atoms. The number of ether oxygens (including phenoxy) is 1. The van der Waals surface area contributed by atoms with E-state index in [9.17, 15) is 4.79 Å². The number of aromatic nitrogens is 1. The summed E-state index contributed by atoms with van der Waals surface area (Å²) in [5.41, 5.74) is 4.90. The Morgan fingerprint density at radius 3 is 3.24 bits per heavy atom. The molecule has 0 aromatic carbocycles. The second kappa shape index (κ2) is 3.59. The van der Waals surface area contributed by atoms with Crippen LogP contribution in [0.15, 0.2) is 18.3 Å². The Morgan fingerprint density at radius 1 is 1.59 bits per heavy atom. The van der Waals surface area contributed by atoms with Gasteiger partial charge >= 0.3 is 0 Å². The van der Waals surface area contributed by atoms with Gasteiger partial charge in [0.15, 0.2) is 11.6 Å². The quantitative estimate of drug-likeness (QED) is 0.608. The van der Waals surface area contributed by atoms with Crippen LogP contribution in [0.25, 0.3) is 0 Å². The third-order valence-corrected chi connectivity index (χ3v) is 3.27. The number of nitrogens with one attached hydrogen (secondary N) is 2. The van der Waals surface area contributed by atoms with Crippen molar-refractivity contribution >= 4 is 11.7 Å². The number of hydrogen-bond acceptors (Lipinski definition) is 5. The predicted molar refractivity (Wildman–Crippen MR) is 61.7 cm³/mol. The fourth-order valence-corrected chi connectivity index (χ4v) is 2.36. The first-order valence-electron chi connectivity index (χ1n) is 5.59. The molecule has 2 aliphatic rings. The molecule has 4 N–H and O–H groups in total. The summed E-state index contributed by atoms with van der Waals surface area (Å²) in [6, 6.07) is 3.39. The summed E-state index contributed by atoms with van der Waals surface area (Å²) in [6.45, 7) is 1.25. The van der Waals surface area contributed by atoms with Crippen LogP contribution in [0.3, 0.4) is 0 Å². The van der Waals surface area contributed by atoms with Crippen molar-refractivity contribution < 1.29 is 9.53 Å². The van der Waals surface area contributed by atoms with Gasteiger partial charge in [0.25, 0.3) is 0 Å². The van der Waals surface area contributed by atoms with E-state index in [1.807, 2.05) is 12.1 Å². The van der Waals surface area contributed by atoms with Crippen LogP contribution in [-0.4, -0.2) is 35.6 Å². The maximum atomic E-state index is 11.1. The summed E-state index contributed by atoms with van der Waals surface area (Å²) < 4.78 is 5.97. The molecular formula is C11H14N4O2. The average Bonchev–Trinajstić information content (AvgIpc) is 2.73. The number of anilines is 1. The number of amides is 1. The summed E-state index contributed by atoms with van der Waals surface area (Å²) in [5.74, 6) is 1.15. The standard InChI is InChI=1S/C11H14N4O2/c12-9(16)7-4-11(5-14-7)6-15-10-8(17-11)2-1-3-13-10/h1-3,7,14H,4-6H2,(H2,12,16)(H,13,15). The number of pyridine rings is 1. The first kappa shape index (κ1) is 10.3. The Balaban J connectivity index is 1.82. The maximum Gasteiger partial charge on any atom is 0.234 e. The van der Waals surface area contributed by atoms with E-state index in [4.69, 9.17) is 10.5 Å². The molecular weight excluding hydrogens is 220 g/mol. The third kappa shape index (κ3) is 1.70. The Morgan fingerprint density at radius 2 is 2.47 bits per heavy atom. The SMILES string of the molecule is NC(=O)C1CC2(CNc3ncccc3O2)CN1. The highest BCUT2D eigenvalue weighted by Crippen LogP contribution is 2.34. The lowest BCUT2D eigenvalue weighted by atomic mass is 9.98. The Kier molecular flexibility index (Phi) is 2.19. The number of nitrogens with zero attached hydrogens (tertiary/aromatic N) is 1. The van der Waals surface area contributed by atoms with Gasteiger partial charge in [-0.25, -0.2) is 4.98 Å². The second-order valence-corrected chi connectivity index (χ2v) is 4.53. The fraction of sp³-hybridized carbons (Fsp3) is 0.455. The van der Waals surface area contributed by atoms with Crippen LogP contribution in [0, 0.1) is 0 Å². The number of nitrogens with two attached hydrogens (primary N) is 1. The molecule has 1 aromatic rings. The van der Waals surface area contributed by atoms with Crippen LogP contribution in [-0.2, 0) is 4.79 Å². The molecule has 0 radical (unpaired) electrons. The van der Waals surface area contributed by atoms with Gasteiger partial charge in [0, 0.05) is 19.2 Å². The van der Waals surface area contributed by atoms with Crippen molar-refractivity contribution in [1.82, 2.24) is 10.3 Å². The summed E-state index contributed by atoms with van der Waals surface area (Å²) in [6.07, 6.45) is 2.30. The molecule has 3 heterocycles. The number of rotatable bonds is 1. The lowest BCUT2D eigenvalue weighted by Crippen LogP contribution is -2.47. The minimum absolute atomic E-state index is 0.310. The van der Waals surface area contributed by atoms with Crippen molar-refractivity contribution in [3.63, 3.8) is 0 Å². The number of carbonyl (C=O) groups is 1. The van der Waals surface area contributed by atoms with Gasteiger partial charge in [-0.3, -0.25) is 4.79 Å². The van der Waals surface area contributed by atoms with Crippen LogP contribution in [0.1, 0.15) is 6.42 Å². The van der Waals surface area contributed by atoms with Crippen LogP contribution in [0.4, 0.5) is 5.82 Å². The molecule has 1 fully saturated rings. The van der Waals surface area contributed by atoms with Gasteiger partial charge in [-0.15, -0.1) is 0 Å². The lowest BCUT2D eigenvalue weighted by Gasteiger charge is -2.35. The Labute approximate surface area is 98.5 Å². The van der Waals surface area contributed by atoms with Crippen molar-refractivity contribution in [3.8, 4) is 5.75 Å². The largest absolute Gasteiger partial charge is 0.480 e. The van der Waals surface area contributed by atoms with E-state index in [-0.39, 0.29) is 11.9 Å². The van der Waals surface area contributed by atoms with E-state index in [1.54, 1.807) is 6.20 Å². The maximum absolute atomic E-state index is 11.1. The summed E-state index contributed by atoms with van der Waals surface area (Å²) >= 11 is 0. The van der Waals surface area contributed by atoms with Gasteiger partial charge in [-0.05, 0) is 12.1 Å². The normalized spacial score (nSPS) is 30.5. The highest BCUT2D eigenvalue weighted by molar-refractivity contribution is 5.80. The zero-order valence-electron chi connectivity index (χ0n) is 9.27. The molecule has 2 atom stereocenters. The zero-order chi connectivity index (χ0) is 11.9. The topological polar surface area (TPSA) is 89.3 Å². The molecule has 0 aliphatic carbocycles. The number of fused-ring (bicyclic) bond motifs is 1. The van der Waals surface area contributed by atoms with Crippen LogP contribution < -0.4 is 21.1 Å². The number of carbonyl (C=O) groups excluding carboxylic acids is 1. The van der Waals surface area contributed by atoms with Crippen molar-refractivity contribution in [1.29, 1.82) is 0 Å². The molecule has 6 nitrogen and oxygen atoms in total. The average molecular weight is 234 g/mol. The van der Waals surface area contributed by atoms with Gasteiger partial charge in [0.05, 0.1) is 12.6 Å². The molecule has 0 saturated carbocycles. The van der Waals surface area contributed by atoms with Gasteiger partial charge in [-0.1, -0.05) is 0 Å². The van der Waals surface area contributed by atoms with E-state index >= 15 is 0 Å². The molecule has 1 saturated heterocycles. The fourth-order valence-electron chi connectivity index (χ4n) is 2.36. The first-order chi connectivity index (χ1) is 8.19. The highest BCUT2D eigenvalue weighted by atomic mass is 16.5. The first-order valence-corrected chi connectivity index (χ1v) is 5.59. The zero-order valence-corrected chi connectivity index (χ0v) is 9.27.